The minimum atomic E-state index is -0.926. The van der Waals surface area contributed by atoms with Crippen molar-refractivity contribution >= 4 is 0 Å². The molecule has 0 aliphatic carbocycles. The topological polar surface area (TPSA) is 51.8 Å². The van der Waals surface area contributed by atoms with Crippen LogP contribution in [0.25, 0.3) is 0 Å². The maximum atomic E-state index is 13.8. The Balaban J connectivity index is 2.43. The van der Waals surface area contributed by atoms with Crippen molar-refractivity contribution in [1.82, 2.24) is 9.97 Å². The first-order chi connectivity index (χ1) is 8.50. The second kappa shape index (κ2) is 4.78. The van der Waals surface area contributed by atoms with Crippen molar-refractivity contribution in [2.24, 2.45) is 5.73 Å². The van der Waals surface area contributed by atoms with Crippen molar-refractivity contribution in [2.45, 2.75) is 19.9 Å². The van der Waals surface area contributed by atoms with Gasteiger partial charge in [0.1, 0.15) is 0 Å². The summed E-state index contributed by atoms with van der Waals surface area (Å²) in [6.45, 7) is 3.29. The summed E-state index contributed by atoms with van der Waals surface area (Å²) in [5, 5.41) is 0. The summed E-state index contributed by atoms with van der Waals surface area (Å²) in [7, 11) is 0. The zero-order valence-electron chi connectivity index (χ0n) is 10.1. The maximum Gasteiger partial charge on any atom is 0.164 e. The predicted octanol–water partition coefficient (Wildman–Crippen LogP) is 2.42. The fourth-order valence-corrected chi connectivity index (χ4v) is 1.62. The second-order valence-electron chi connectivity index (χ2n) is 4.16. The van der Waals surface area contributed by atoms with E-state index in [1.54, 1.807) is 6.92 Å². The van der Waals surface area contributed by atoms with E-state index in [2.05, 4.69) is 9.97 Å². The summed E-state index contributed by atoms with van der Waals surface area (Å²) < 4.78 is 27.2. The van der Waals surface area contributed by atoms with Gasteiger partial charge in [0.25, 0.3) is 0 Å². The molecule has 0 radical (unpaired) electrons. The number of benzene rings is 1. The highest BCUT2D eigenvalue weighted by Gasteiger charge is 2.19. The Morgan fingerprint density at radius 2 is 1.78 bits per heavy atom. The Hall–Kier alpha value is -1.88. The van der Waals surface area contributed by atoms with Crippen LogP contribution < -0.4 is 5.73 Å². The molecule has 0 bridgehead atoms. The SMILES string of the molecule is Cc1cnc(C(N)c2ccc(C)c(F)c2F)cn1. The summed E-state index contributed by atoms with van der Waals surface area (Å²) in [5.41, 5.74) is 7.35. The van der Waals surface area contributed by atoms with E-state index in [1.807, 2.05) is 0 Å². The monoisotopic (exact) mass is 249 g/mol. The van der Waals surface area contributed by atoms with E-state index in [1.165, 1.54) is 31.5 Å². The minimum absolute atomic E-state index is 0.0799. The molecule has 0 aliphatic rings. The number of aryl methyl sites for hydroxylation is 2. The minimum Gasteiger partial charge on any atom is -0.319 e. The van der Waals surface area contributed by atoms with Gasteiger partial charge >= 0.3 is 0 Å². The van der Waals surface area contributed by atoms with Crippen molar-refractivity contribution in [1.29, 1.82) is 0 Å². The van der Waals surface area contributed by atoms with E-state index in [0.717, 1.165) is 5.69 Å². The molecule has 1 aromatic carbocycles. The summed E-state index contributed by atoms with van der Waals surface area (Å²) in [4.78, 5) is 8.11. The number of hydrogen-bond acceptors (Lipinski definition) is 3. The van der Waals surface area contributed by atoms with E-state index in [0.29, 0.717) is 5.69 Å². The summed E-state index contributed by atoms with van der Waals surface area (Å²) in [6.07, 6.45) is 3.01. The van der Waals surface area contributed by atoms with Crippen LogP contribution in [-0.2, 0) is 0 Å². The number of nitrogens with zero attached hydrogens (tertiary/aromatic N) is 2. The van der Waals surface area contributed by atoms with Crippen LogP contribution in [0.2, 0.25) is 0 Å². The Morgan fingerprint density at radius 1 is 1.06 bits per heavy atom. The lowest BCUT2D eigenvalue weighted by molar-refractivity contribution is 0.488. The van der Waals surface area contributed by atoms with Crippen molar-refractivity contribution in [3.05, 3.63) is 58.7 Å². The molecule has 1 heterocycles. The highest BCUT2D eigenvalue weighted by molar-refractivity contribution is 5.31. The predicted molar refractivity (Wildman–Crippen MR) is 63.9 cm³/mol. The smallest absolute Gasteiger partial charge is 0.164 e. The van der Waals surface area contributed by atoms with E-state index < -0.39 is 17.7 Å². The van der Waals surface area contributed by atoms with Crippen molar-refractivity contribution in [3.63, 3.8) is 0 Å². The van der Waals surface area contributed by atoms with Gasteiger partial charge in [0.2, 0.25) is 0 Å². The van der Waals surface area contributed by atoms with Crippen molar-refractivity contribution < 1.29 is 8.78 Å². The van der Waals surface area contributed by atoms with Gasteiger partial charge in [-0.2, -0.15) is 0 Å². The summed E-state index contributed by atoms with van der Waals surface area (Å²) in [6, 6.07) is 2.14. The van der Waals surface area contributed by atoms with Crippen LogP contribution in [0.3, 0.4) is 0 Å². The standard InChI is InChI=1S/C13H13F2N3/c1-7-3-4-9(12(15)11(7)14)13(16)10-6-17-8(2)5-18-10/h3-6,13H,16H2,1-2H3. The van der Waals surface area contributed by atoms with Crippen LogP contribution in [0.15, 0.2) is 24.5 Å². The molecule has 5 heteroatoms. The van der Waals surface area contributed by atoms with Gasteiger partial charge in [-0.1, -0.05) is 12.1 Å². The van der Waals surface area contributed by atoms with Crippen LogP contribution in [-0.4, -0.2) is 9.97 Å². The van der Waals surface area contributed by atoms with Crippen LogP contribution >= 0.6 is 0 Å². The second-order valence-corrected chi connectivity index (χ2v) is 4.16. The molecule has 2 rings (SSSR count). The molecular formula is C13H13F2N3. The zero-order chi connectivity index (χ0) is 13.3. The Morgan fingerprint density at radius 3 is 2.39 bits per heavy atom. The normalized spacial score (nSPS) is 12.5. The molecule has 2 aromatic rings. The molecule has 0 amide bonds. The van der Waals surface area contributed by atoms with Gasteiger partial charge in [-0.15, -0.1) is 0 Å². The summed E-state index contributed by atoms with van der Waals surface area (Å²) >= 11 is 0. The quantitative estimate of drug-likeness (QED) is 0.889. The van der Waals surface area contributed by atoms with Gasteiger partial charge in [-0.05, 0) is 19.4 Å². The van der Waals surface area contributed by atoms with Gasteiger partial charge < -0.3 is 5.73 Å². The third-order valence-electron chi connectivity index (χ3n) is 2.76. The molecule has 1 aromatic heterocycles. The van der Waals surface area contributed by atoms with Crippen LogP contribution in [0.1, 0.15) is 28.6 Å². The molecule has 3 nitrogen and oxygen atoms in total. The number of aromatic nitrogens is 2. The average Bonchev–Trinajstić information content (AvgIpc) is 2.36. The van der Waals surface area contributed by atoms with E-state index >= 15 is 0 Å². The molecule has 1 unspecified atom stereocenters. The van der Waals surface area contributed by atoms with E-state index in [9.17, 15) is 8.78 Å². The number of hydrogen-bond donors (Lipinski definition) is 1. The molecule has 18 heavy (non-hydrogen) atoms. The van der Waals surface area contributed by atoms with Crippen LogP contribution in [0.4, 0.5) is 8.78 Å². The van der Waals surface area contributed by atoms with Crippen molar-refractivity contribution in [3.8, 4) is 0 Å². The lowest BCUT2D eigenvalue weighted by atomic mass is 10.0. The van der Waals surface area contributed by atoms with Crippen molar-refractivity contribution in [2.75, 3.05) is 0 Å². The molecular weight excluding hydrogens is 236 g/mol. The fourth-order valence-electron chi connectivity index (χ4n) is 1.62. The highest BCUT2D eigenvalue weighted by Crippen LogP contribution is 2.23. The Kier molecular flexibility index (Phi) is 3.34. The third-order valence-corrected chi connectivity index (χ3v) is 2.76. The molecule has 94 valence electrons. The molecule has 1 atom stereocenters. The van der Waals surface area contributed by atoms with Gasteiger partial charge in [-0.3, -0.25) is 9.97 Å². The molecule has 0 fully saturated rings. The van der Waals surface area contributed by atoms with Gasteiger partial charge in [-0.25, -0.2) is 8.78 Å². The van der Waals surface area contributed by atoms with E-state index in [-0.39, 0.29) is 11.1 Å². The summed E-state index contributed by atoms with van der Waals surface area (Å²) in [5.74, 6) is -1.80. The zero-order valence-corrected chi connectivity index (χ0v) is 10.1. The molecule has 2 N–H and O–H groups in total. The molecule has 0 spiro atoms. The maximum absolute atomic E-state index is 13.8. The highest BCUT2D eigenvalue weighted by atomic mass is 19.2. The van der Waals surface area contributed by atoms with Gasteiger partial charge in [0, 0.05) is 11.8 Å². The largest absolute Gasteiger partial charge is 0.319 e. The molecule has 0 saturated heterocycles. The molecule has 0 saturated carbocycles. The Bertz CT molecular complexity index is 567. The molecule has 0 aliphatic heterocycles. The van der Waals surface area contributed by atoms with Gasteiger partial charge in [0.05, 0.1) is 23.6 Å². The first-order valence-corrected chi connectivity index (χ1v) is 5.49. The lowest BCUT2D eigenvalue weighted by Crippen LogP contribution is -2.16. The lowest BCUT2D eigenvalue weighted by Gasteiger charge is -2.13. The average molecular weight is 249 g/mol. The fraction of sp³-hybridized carbons (Fsp3) is 0.231. The Labute approximate surface area is 104 Å². The van der Waals surface area contributed by atoms with E-state index in [4.69, 9.17) is 5.73 Å². The first-order valence-electron chi connectivity index (χ1n) is 5.49. The number of nitrogens with two attached hydrogens (primary N) is 1. The van der Waals surface area contributed by atoms with Crippen LogP contribution in [0.5, 0.6) is 0 Å². The third kappa shape index (κ3) is 2.22. The number of halogens is 2. The van der Waals surface area contributed by atoms with Gasteiger partial charge in [0.15, 0.2) is 11.6 Å². The first kappa shape index (κ1) is 12.6. The number of rotatable bonds is 2. The van der Waals surface area contributed by atoms with Crippen LogP contribution in [0, 0.1) is 25.5 Å².